The van der Waals surface area contributed by atoms with Crippen LogP contribution in [-0.2, 0) is 0 Å². The molecule has 5 heteroatoms. The first kappa shape index (κ1) is 32.7. The predicted molar refractivity (Wildman–Crippen MR) is 233 cm³/mol. The maximum atomic E-state index is 6.75. The third kappa shape index (κ3) is 5.72. The molecule has 0 saturated heterocycles. The molecule has 8 aromatic carbocycles. The maximum absolute atomic E-state index is 6.75. The van der Waals surface area contributed by atoms with Crippen LogP contribution in [-0.4, -0.2) is 19.9 Å². The molecule has 0 saturated carbocycles. The first-order valence-electron chi connectivity index (χ1n) is 19.1. The molecule has 0 amide bonds. The Morgan fingerprint density at radius 1 is 0.298 bits per heavy atom. The number of rotatable bonds is 6. The van der Waals surface area contributed by atoms with Crippen LogP contribution in [0.1, 0.15) is 0 Å². The van der Waals surface area contributed by atoms with E-state index in [1.54, 1.807) is 0 Å². The molecule has 5 nitrogen and oxygen atoms in total. The van der Waals surface area contributed by atoms with Gasteiger partial charge in [-0.1, -0.05) is 176 Å². The minimum Gasteiger partial charge on any atom is -0.455 e. The van der Waals surface area contributed by atoms with Crippen LogP contribution < -0.4 is 0 Å². The van der Waals surface area contributed by atoms with Gasteiger partial charge in [-0.05, 0) is 34.9 Å². The Morgan fingerprint density at radius 2 is 0.789 bits per heavy atom. The standard InChI is InChI=1S/C52H32N4O/c1-4-13-36(14-5-1)48-42-31-32-45-47(46(42)41-19-10-11-22-44(41)53-48)43-21-12-20-40(49(43)57-45)35-27-23-33(24-28-35)34-25-29-39(30-26-34)52-55-50(37-15-6-2-7-16-37)54-51(56-52)38-17-8-3-9-18-38/h1-32H. The highest BCUT2D eigenvalue weighted by atomic mass is 16.3. The van der Waals surface area contributed by atoms with Crippen molar-refractivity contribution in [1.82, 2.24) is 19.9 Å². The van der Waals surface area contributed by atoms with Crippen molar-refractivity contribution in [3.05, 3.63) is 194 Å². The van der Waals surface area contributed by atoms with Gasteiger partial charge in [0.05, 0.1) is 11.2 Å². The molecule has 0 unspecified atom stereocenters. The Balaban J connectivity index is 0.963. The van der Waals surface area contributed by atoms with Gasteiger partial charge in [0.15, 0.2) is 17.5 Å². The van der Waals surface area contributed by atoms with Crippen LogP contribution in [0, 0.1) is 0 Å². The SMILES string of the molecule is c1ccc(-c2nc(-c3ccccc3)nc(-c3ccc(-c4ccc(-c5cccc6c5oc5ccc7c(-c8ccccc8)nc8ccccc8c7c56)cc4)cc3)n2)cc1. The summed E-state index contributed by atoms with van der Waals surface area (Å²) in [6.45, 7) is 0. The summed E-state index contributed by atoms with van der Waals surface area (Å²) in [5.74, 6) is 1.93. The lowest BCUT2D eigenvalue weighted by Crippen LogP contribution is -2.00. The number of benzene rings is 8. The van der Waals surface area contributed by atoms with Crippen molar-refractivity contribution in [2.45, 2.75) is 0 Å². The number of furan rings is 1. The van der Waals surface area contributed by atoms with E-state index in [4.69, 9.17) is 24.4 Å². The van der Waals surface area contributed by atoms with Crippen molar-refractivity contribution >= 4 is 43.6 Å². The molecule has 266 valence electrons. The molecule has 0 radical (unpaired) electrons. The summed E-state index contributed by atoms with van der Waals surface area (Å²) in [5.41, 5.74) is 12.0. The third-order valence-electron chi connectivity index (χ3n) is 10.7. The van der Waals surface area contributed by atoms with Crippen LogP contribution in [0.3, 0.4) is 0 Å². The van der Waals surface area contributed by atoms with Crippen molar-refractivity contribution in [2.75, 3.05) is 0 Å². The highest BCUT2D eigenvalue weighted by Gasteiger charge is 2.19. The molecule has 11 aromatic rings. The fraction of sp³-hybridized carbons (Fsp3) is 0. The summed E-state index contributed by atoms with van der Waals surface area (Å²) in [5, 5.41) is 5.59. The Morgan fingerprint density at radius 3 is 1.40 bits per heavy atom. The highest BCUT2D eigenvalue weighted by molar-refractivity contribution is 6.29. The number of pyridine rings is 1. The Bertz CT molecular complexity index is 3190. The van der Waals surface area contributed by atoms with Crippen LogP contribution in [0.2, 0.25) is 0 Å². The van der Waals surface area contributed by atoms with Gasteiger partial charge in [-0.3, -0.25) is 0 Å². The number of hydrogen-bond acceptors (Lipinski definition) is 5. The van der Waals surface area contributed by atoms with E-state index in [0.717, 1.165) is 93.8 Å². The minimum absolute atomic E-state index is 0.636. The van der Waals surface area contributed by atoms with E-state index in [0.29, 0.717) is 17.5 Å². The largest absolute Gasteiger partial charge is 0.455 e. The van der Waals surface area contributed by atoms with Gasteiger partial charge >= 0.3 is 0 Å². The zero-order valence-corrected chi connectivity index (χ0v) is 30.7. The van der Waals surface area contributed by atoms with Crippen molar-refractivity contribution < 1.29 is 4.42 Å². The molecule has 0 spiro atoms. The molecule has 0 fully saturated rings. The second-order valence-corrected chi connectivity index (χ2v) is 14.2. The highest BCUT2D eigenvalue weighted by Crippen LogP contribution is 2.43. The van der Waals surface area contributed by atoms with E-state index in [-0.39, 0.29) is 0 Å². The van der Waals surface area contributed by atoms with Gasteiger partial charge in [-0.15, -0.1) is 0 Å². The summed E-state index contributed by atoms with van der Waals surface area (Å²) < 4.78 is 6.75. The zero-order valence-electron chi connectivity index (χ0n) is 30.7. The maximum Gasteiger partial charge on any atom is 0.164 e. The molecular formula is C52H32N4O. The molecule has 0 aliphatic carbocycles. The van der Waals surface area contributed by atoms with Gasteiger partial charge in [-0.25, -0.2) is 19.9 Å². The van der Waals surface area contributed by atoms with E-state index in [1.165, 1.54) is 0 Å². The number of fused-ring (bicyclic) bond motifs is 7. The first-order chi connectivity index (χ1) is 28.2. The van der Waals surface area contributed by atoms with Gasteiger partial charge in [0.1, 0.15) is 11.2 Å². The molecule has 3 heterocycles. The summed E-state index contributed by atoms with van der Waals surface area (Å²) in [7, 11) is 0. The summed E-state index contributed by atoms with van der Waals surface area (Å²) in [6, 6.07) is 66.8. The van der Waals surface area contributed by atoms with Crippen molar-refractivity contribution in [2.24, 2.45) is 0 Å². The fourth-order valence-corrected chi connectivity index (χ4v) is 7.97. The third-order valence-corrected chi connectivity index (χ3v) is 10.7. The molecular weight excluding hydrogens is 697 g/mol. The van der Waals surface area contributed by atoms with E-state index in [1.807, 2.05) is 66.7 Å². The second-order valence-electron chi connectivity index (χ2n) is 14.2. The molecule has 3 aromatic heterocycles. The van der Waals surface area contributed by atoms with E-state index < -0.39 is 0 Å². The summed E-state index contributed by atoms with van der Waals surface area (Å²) >= 11 is 0. The van der Waals surface area contributed by atoms with E-state index in [2.05, 4.69) is 127 Å². The normalized spacial score (nSPS) is 11.5. The Kier molecular flexibility index (Phi) is 7.74. The van der Waals surface area contributed by atoms with Gasteiger partial charge in [-0.2, -0.15) is 0 Å². The fourth-order valence-electron chi connectivity index (χ4n) is 7.97. The Hall–Kier alpha value is -7.76. The van der Waals surface area contributed by atoms with Crippen molar-refractivity contribution in [3.63, 3.8) is 0 Å². The number of aromatic nitrogens is 4. The second kappa shape index (κ2) is 13.5. The van der Waals surface area contributed by atoms with E-state index in [9.17, 15) is 0 Å². The monoisotopic (exact) mass is 728 g/mol. The average molecular weight is 729 g/mol. The topological polar surface area (TPSA) is 64.7 Å². The van der Waals surface area contributed by atoms with Crippen molar-refractivity contribution in [1.29, 1.82) is 0 Å². The molecule has 0 aliphatic heterocycles. The van der Waals surface area contributed by atoms with Crippen LogP contribution >= 0.6 is 0 Å². The average Bonchev–Trinajstić information content (AvgIpc) is 3.69. The van der Waals surface area contributed by atoms with Crippen molar-refractivity contribution in [3.8, 4) is 67.7 Å². The number of para-hydroxylation sites is 2. The summed E-state index contributed by atoms with van der Waals surface area (Å²) in [4.78, 5) is 19.8. The van der Waals surface area contributed by atoms with Crippen LogP contribution in [0.15, 0.2) is 199 Å². The molecule has 0 atom stereocenters. The lowest BCUT2D eigenvalue weighted by Gasteiger charge is -2.11. The van der Waals surface area contributed by atoms with E-state index >= 15 is 0 Å². The molecule has 11 rings (SSSR count). The lowest BCUT2D eigenvalue weighted by atomic mass is 9.95. The number of hydrogen-bond donors (Lipinski definition) is 0. The van der Waals surface area contributed by atoms with Crippen LogP contribution in [0.25, 0.3) is 111 Å². The van der Waals surface area contributed by atoms with Gasteiger partial charge in [0.25, 0.3) is 0 Å². The van der Waals surface area contributed by atoms with Gasteiger partial charge < -0.3 is 4.42 Å². The smallest absolute Gasteiger partial charge is 0.164 e. The van der Waals surface area contributed by atoms with Gasteiger partial charge in [0.2, 0.25) is 0 Å². The molecule has 0 N–H and O–H groups in total. The predicted octanol–water partition coefficient (Wildman–Crippen LogP) is 13.5. The van der Waals surface area contributed by atoms with Crippen LogP contribution in [0.5, 0.6) is 0 Å². The number of nitrogens with zero attached hydrogens (tertiary/aromatic N) is 4. The zero-order chi connectivity index (χ0) is 37.7. The molecule has 0 aliphatic rings. The molecule has 0 bridgehead atoms. The Labute approximate surface area is 328 Å². The quantitative estimate of drug-likeness (QED) is 0.160. The minimum atomic E-state index is 0.636. The van der Waals surface area contributed by atoms with Gasteiger partial charge in [0, 0.05) is 54.7 Å². The molecule has 57 heavy (non-hydrogen) atoms. The summed E-state index contributed by atoms with van der Waals surface area (Å²) in [6.07, 6.45) is 0. The first-order valence-corrected chi connectivity index (χ1v) is 19.1. The van der Waals surface area contributed by atoms with Crippen LogP contribution in [0.4, 0.5) is 0 Å². The lowest BCUT2D eigenvalue weighted by molar-refractivity contribution is 0.670.